The molecule has 1 saturated heterocycles. The Balaban J connectivity index is 2.14. The lowest BCUT2D eigenvalue weighted by molar-refractivity contribution is 0.469. The van der Waals surface area contributed by atoms with Gasteiger partial charge in [-0.1, -0.05) is 6.07 Å². The molecule has 13 heavy (non-hydrogen) atoms. The second-order valence-corrected chi connectivity index (χ2v) is 3.96. The van der Waals surface area contributed by atoms with Crippen LogP contribution in [0.5, 0.6) is 0 Å². The van der Waals surface area contributed by atoms with Crippen molar-refractivity contribution < 1.29 is 4.39 Å². The van der Waals surface area contributed by atoms with Crippen LogP contribution in [0, 0.1) is 5.82 Å². The highest BCUT2D eigenvalue weighted by atomic mass is 79.9. The van der Waals surface area contributed by atoms with E-state index >= 15 is 0 Å². The van der Waals surface area contributed by atoms with Gasteiger partial charge in [0.25, 0.3) is 0 Å². The van der Waals surface area contributed by atoms with Gasteiger partial charge in [0.2, 0.25) is 0 Å². The lowest BCUT2D eigenvalue weighted by Gasteiger charge is -2.29. The minimum absolute atomic E-state index is 0.214. The summed E-state index contributed by atoms with van der Waals surface area (Å²) in [5.41, 5.74) is 0.570. The molecule has 1 aliphatic rings. The summed E-state index contributed by atoms with van der Waals surface area (Å²) in [6.45, 7) is 1.82. The Kier molecular flexibility index (Phi) is 2.51. The Morgan fingerprint density at radius 1 is 1.46 bits per heavy atom. The van der Waals surface area contributed by atoms with Crippen molar-refractivity contribution in [2.45, 2.75) is 6.04 Å². The maximum Gasteiger partial charge on any atom is 0.160 e. The molecule has 4 heteroatoms. The molecule has 0 radical (unpaired) electrons. The van der Waals surface area contributed by atoms with E-state index in [4.69, 9.17) is 0 Å². The molecular formula is C9H10BrFN2. The number of rotatable bonds is 2. The molecule has 0 saturated carbocycles. The summed E-state index contributed by atoms with van der Waals surface area (Å²) in [4.78, 5) is 0. The first-order valence-electron chi connectivity index (χ1n) is 4.18. The van der Waals surface area contributed by atoms with Gasteiger partial charge in [-0.15, -0.1) is 0 Å². The van der Waals surface area contributed by atoms with Gasteiger partial charge in [0.15, 0.2) is 5.82 Å². The van der Waals surface area contributed by atoms with Crippen molar-refractivity contribution in [1.29, 1.82) is 0 Å². The molecule has 70 valence electrons. The summed E-state index contributed by atoms with van der Waals surface area (Å²) in [6, 6.07) is 5.63. The molecule has 1 fully saturated rings. The second kappa shape index (κ2) is 3.64. The van der Waals surface area contributed by atoms with E-state index < -0.39 is 0 Å². The quantitative estimate of drug-likeness (QED) is 0.832. The molecule has 1 aromatic rings. The van der Waals surface area contributed by atoms with Crippen LogP contribution in [-0.2, 0) is 0 Å². The Labute approximate surface area is 84.7 Å². The van der Waals surface area contributed by atoms with Crippen molar-refractivity contribution in [2.24, 2.45) is 0 Å². The van der Waals surface area contributed by atoms with Gasteiger partial charge in [0.1, 0.15) is 0 Å². The summed E-state index contributed by atoms with van der Waals surface area (Å²) in [5.74, 6) is -0.214. The van der Waals surface area contributed by atoms with Crippen LogP contribution < -0.4 is 10.6 Å². The third-order valence-electron chi connectivity index (χ3n) is 2.09. The van der Waals surface area contributed by atoms with Crippen molar-refractivity contribution in [3.8, 4) is 0 Å². The largest absolute Gasteiger partial charge is 0.377 e. The molecule has 1 heterocycles. The normalized spacial score (nSPS) is 16.8. The van der Waals surface area contributed by atoms with Crippen LogP contribution in [-0.4, -0.2) is 19.1 Å². The van der Waals surface area contributed by atoms with Crippen molar-refractivity contribution in [1.82, 2.24) is 5.32 Å². The van der Waals surface area contributed by atoms with Gasteiger partial charge >= 0.3 is 0 Å². The van der Waals surface area contributed by atoms with Gasteiger partial charge in [-0.05, 0) is 28.1 Å². The number of nitrogens with one attached hydrogen (secondary N) is 2. The number of hydrogen-bond acceptors (Lipinski definition) is 2. The maximum absolute atomic E-state index is 13.4. The van der Waals surface area contributed by atoms with Crippen LogP contribution >= 0.6 is 15.9 Å². The molecule has 2 nitrogen and oxygen atoms in total. The monoisotopic (exact) mass is 244 g/mol. The lowest BCUT2D eigenvalue weighted by Crippen LogP contribution is -2.51. The molecule has 2 rings (SSSR count). The molecule has 0 atom stereocenters. The number of anilines is 1. The van der Waals surface area contributed by atoms with E-state index in [1.54, 1.807) is 12.1 Å². The number of hydrogen-bond donors (Lipinski definition) is 2. The molecule has 0 bridgehead atoms. The van der Waals surface area contributed by atoms with Crippen molar-refractivity contribution in [3.63, 3.8) is 0 Å². The van der Waals surface area contributed by atoms with Crippen LogP contribution in [0.3, 0.4) is 0 Å². The van der Waals surface area contributed by atoms with E-state index in [0.29, 0.717) is 16.2 Å². The van der Waals surface area contributed by atoms with E-state index in [1.807, 2.05) is 6.07 Å². The molecule has 0 spiro atoms. The smallest absolute Gasteiger partial charge is 0.160 e. The first-order valence-corrected chi connectivity index (χ1v) is 4.98. The Bertz CT molecular complexity index is 312. The third kappa shape index (κ3) is 1.84. The molecule has 1 aromatic carbocycles. The summed E-state index contributed by atoms with van der Waals surface area (Å²) < 4.78 is 13.9. The number of benzene rings is 1. The van der Waals surface area contributed by atoms with E-state index in [0.717, 1.165) is 13.1 Å². The average molecular weight is 245 g/mol. The standard InChI is InChI=1S/C9H10BrFN2/c10-7-2-1-3-8(9(7)11)13-6-4-12-5-6/h1-3,6,12-13H,4-5H2. The summed E-state index contributed by atoms with van der Waals surface area (Å²) >= 11 is 3.15. The lowest BCUT2D eigenvalue weighted by atomic mass is 10.1. The molecule has 0 aliphatic carbocycles. The maximum atomic E-state index is 13.4. The van der Waals surface area contributed by atoms with Gasteiger partial charge in [-0.2, -0.15) is 0 Å². The van der Waals surface area contributed by atoms with Gasteiger partial charge in [-0.3, -0.25) is 0 Å². The van der Waals surface area contributed by atoms with Gasteiger partial charge in [0.05, 0.1) is 16.2 Å². The fourth-order valence-electron chi connectivity index (χ4n) is 1.23. The fourth-order valence-corrected chi connectivity index (χ4v) is 1.59. The number of halogens is 2. The van der Waals surface area contributed by atoms with Crippen LogP contribution in [0.4, 0.5) is 10.1 Å². The summed E-state index contributed by atoms with van der Waals surface area (Å²) in [6.07, 6.45) is 0. The first-order chi connectivity index (χ1) is 6.27. The van der Waals surface area contributed by atoms with Gasteiger partial charge < -0.3 is 10.6 Å². The van der Waals surface area contributed by atoms with Crippen LogP contribution in [0.2, 0.25) is 0 Å². The third-order valence-corrected chi connectivity index (χ3v) is 2.71. The van der Waals surface area contributed by atoms with Crippen LogP contribution in [0.25, 0.3) is 0 Å². The highest BCUT2D eigenvalue weighted by Crippen LogP contribution is 2.23. The van der Waals surface area contributed by atoms with Crippen LogP contribution in [0.15, 0.2) is 22.7 Å². The zero-order chi connectivity index (χ0) is 9.26. The minimum atomic E-state index is -0.214. The summed E-state index contributed by atoms with van der Waals surface area (Å²) in [5, 5.41) is 6.24. The molecule has 1 aliphatic heterocycles. The molecule has 0 unspecified atom stereocenters. The average Bonchev–Trinajstić information content (AvgIpc) is 2.04. The van der Waals surface area contributed by atoms with Crippen molar-refractivity contribution in [2.75, 3.05) is 18.4 Å². The topological polar surface area (TPSA) is 24.1 Å². The molecule has 0 aromatic heterocycles. The van der Waals surface area contributed by atoms with E-state index in [1.165, 1.54) is 0 Å². The Morgan fingerprint density at radius 3 is 2.85 bits per heavy atom. The Morgan fingerprint density at radius 2 is 2.23 bits per heavy atom. The van der Waals surface area contributed by atoms with Gasteiger partial charge in [-0.25, -0.2) is 4.39 Å². The van der Waals surface area contributed by atoms with Crippen molar-refractivity contribution >= 4 is 21.6 Å². The predicted molar refractivity (Wildman–Crippen MR) is 54.4 cm³/mol. The van der Waals surface area contributed by atoms with E-state index in [2.05, 4.69) is 26.6 Å². The first kappa shape index (κ1) is 8.97. The van der Waals surface area contributed by atoms with E-state index in [-0.39, 0.29) is 5.82 Å². The van der Waals surface area contributed by atoms with Gasteiger partial charge in [0, 0.05) is 13.1 Å². The second-order valence-electron chi connectivity index (χ2n) is 3.10. The minimum Gasteiger partial charge on any atom is -0.377 e. The SMILES string of the molecule is Fc1c(Br)cccc1NC1CNC1. The van der Waals surface area contributed by atoms with Crippen molar-refractivity contribution in [3.05, 3.63) is 28.5 Å². The van der Waals surface area contributed by atoms with Crippen LogP contribution in [0.1, 0.15) is 0 Å². The Hall–Kier alpha value is -0.610. The molecular weight excluding hydrogens is 235 g/mol. The molecule has 2 N–H and O–H groups in total. The highest BCUT2D eigenvalue weighted by Gasteiger charge is 2.17. The zero-order valence-corrected chi connectivity index (χ0v) is 8.57. The summed E-state index contributed by atoms with van der Waals surface area (Å²) in [7, 11) is 0. The van der Waals surface area contributed by atoms with E-state index in [9.17, 15) is 4.39 Å². The fraction of sp³-hybridized carbons (Fsp3) is 0.333. The molecule has 0 amide bonds. The zero-order valence-electron chi connectivity index (χ0n) is 6.98. The highest BCUT2D eigenvalue weighted by molar-refractivity contribution is 9.10. The predicted octanol–water partition coefficient (Wildman–Crippen LogP) is 1.97.